The van der Waals surface area contributed by atoms with Crippen LogP contribution in [0.3, 0.4) is 0 Å². The third kappa shape index (κ3) is 5.92. The average molecular weight is 444 g/mol. The first-order valence-corrected chi connectivity index (χ1v) is 10.6. The minimum Gasteiger partial charge on any atom is -0.478 e. The Labute approximate surface area is 186 Å². The van der Waals surface area contributed by atoms with E-state index in [0.717, 1.165) is 0 Å². The van der Waals surface area contributed by atoms with Gasteiger partial charge in [0.2, 0.25) is 11.8 Å². The minimum atomic E-state index is -1.05. The van der Waals surface area contributed by atoms with Crippen LogP contribution in [0.25, 0.3) is 10.9 Å². The first-order chi connectivity index (χ1) is 15.4. The number of ether oxygens (including phenoxy) is 1. The van der Waals surface area contributed by atoms with Gasteiger partial charge in [-0.05, 0) is 24.3 Å². The van der Waals surface area contributed by atoms with E-state index >= 15 is 0 Å². The van der Waals surface area contributed by atoms with Crippen molar-refractivity contribution in [2.45, 2.75) is 13.3 Å². The number of carbonyl (C=O) groups is 3. The number of fused-ring (bicyclic) bond motifs is 1. The van der Waals surface area contributed by atoms with Gasteiger partial charge >= 0.3 is 5.97 Å². The highest BCUT2D eigenvalue weighted by Gasteiger charge is 2.22. The zero-order valence-electron chi connectivity index (χ0n) is 18.4. The Morgan fingerprint density at radius 2 is 1.88 bits per heavy atom. The van der Waals surface area contributed by atoms with Crippen molar-refractivity contribution in [3.8, 4) is 0 Å². The molecule has 3 rings (SSSR count). The van der Waals surface area contributed by atoms with Crippen LogP contribution in [0.5, 0.6) is 0 Å². The molecule has 0 radical (unpaired) electrons. The van der Waals surface area contributed by atoms with Gasteiger partial charge < -0.3 is 25.4 Å². The molecule has 1 saturated heterocycles. The lowest BCUT2D eigenvalue weighted by atomic mass is 10.1. The smallest absolute Gasteiger partial charge is 0.336 e. The molecule has 0 aliphatic carbocycles. The maximum absolute atomic E-state index is 12.0. The van der Waals surface area contributed by atoms with E-state index < -0.39 is 5.97 Å². The molecule has 10 nitrogen and oxygen atoms in total. The van der Waals surface area contributed by atoms with E-state index in [9.17, 15) is 19.5 Å². The molecule has 1 fully saturated rings. The summed E-state index contributed by atoms with van der Waals surface area (Å²) in [5.74, 6) is -0.650. The molecular weight excluding hydrogens is 414 g/mol. The predicted molar refractivity (Wildman–Crippen MR) is 121 cm³/mol. The van der Waals surface area contributed by atoms with Crippen LogP contribution in [0, 0.1) is 0 Å². The van der Waals surface area contributed by atoms with Crippen LogP contribution in [0.4, 0.5) is 11.5 Å². The van der Waals surface area contributed by atoms with Crippen molar-refractivity contribution in [3.05, 3.63) is 29.8 Å². The maximum Gasteiger partial charge on any atom is 0.336 e. The number of hydrogen-bond donors (Lipinski definition) is 3. The van der Waals surface area contributed by atoms with Gasteiger partial charge in [0.05, 0.1) is 24.2 Å². The van der Waals surface area contributed by atoms with Crippen LogP contribution in [0.1, 0.15) is 23.7 Å². The molecule has 0 spiro atoms. The van der Waals surface area contributed by atoms with Crippen LogP contribution in [0.2, 0.25) is 0 Å². The molecule has 0 atom stereocenters. The van der Waals surface area contributed by atoms with Gasteiger partial charge in [0.25, 0.3) is 0 Å². The Balaban J connectivity index is 1.71. The summed E-state index contributed by atoms with van der Waals surface area (Å²) in [6.45, 7) is 5.63. The molecule has 1 aromatic heterocycles. The Bertz CT molecular complexity index is 988. The number of aromatic nitrogens is 1. The Morgan fingerprint density at radius 3 is 2.53 bits per heavy atom. The van der Waals surface area contributed by atoms with E-state index in [2.05, 4.69) is 20.5 Å². The van der Waals surface area contributed by atoms with Crippen LogP contribution < -0.4 is 15.5 Å². The zero-order chi connectivity index (χ0) is 23.1. The van der Waals surface area contributed by atoms with Gasteiger partial charge in [-0.3, -0.25) is 14.5 Å². The maximum atomic E-state index is 12.0. The molecule has 0 bridgehead atoms. The van der Waals surface area contributed by atoms with Gasteiger partial charge in [-0.25, -0.2) is 9.78 Å². The number of benzene rings is 1. The van der Waals surface area contributed by atoms with Crippen molar-refractivity contribution in [1.82, 2.24) is 15.2 Å². The Hall–Kier alpha value is -3.24. The number of nitrogens with one attached hydrogen (secondary N) is 2. The lowest BCUT2D eigenvalue weighted by Gasteiger charge is -2.35. The summed E-state index contributed by atoms with van der Waals surface area (Å²) in [6, 6.07) is 6.65. The zero-order valence-corrected chi connectivity index (χ0v) is 18.4. The van der Waals surface area contributed by atoms with Gasteiger partial charge in [-0.2, -0.15) is 0 Å². The third-order valence-electron chi connectivity index (χ3n) is 5.32. The summed E-state index contributed by atoms with van der Waals surface area (Å²) in [7, 11) is 1.59. The number of rotatable bonds is 9. The van der Waals surface area contributed by atoms with E-state index in [1.165, 1.54) is 0 Å². The van der Waals surface area contributed by atoms with Crippen molar-refractivity contribution >= 4 is 40.2 Å². The van der Waals surface area contributed by atoms with E-state index in [1.807, 2.05) is 4.90 Å². The molecule has 2 heterocycles. The first-order valence-electron chi connectivity index (χ1n) is 10.6. The monoisotopic (exact) mass is 443 g/mol. The summed E-state index contributed by atoms with van der Waals surface area (Å²) in [5.41, 5.74) is 1.23. The second-order valence-electron chi connectivity index (χ2n) is 7.57. The topological polar surface area (TPSA) is 124 Å². The number of hydrogen-bond acceptors (Lipinski definition) is 7. The number of carboxylic acids is 1. The summed E-state index contributed by atoms with van der Waals surface area (Å²) < 4.78 is 4.93. The van der Waals surface area contributed by atoms with E-state index in [4.69, 9.17) is 4.74 Å². The van der Waals surface area contributed by atoms with Crippen molar-refractivity contribution in [2.75, 3.05) is 63.2 Å². The average Bonchev–Trinajstić information content (AvgIpc) is 2.78. The van der Waals surface area contributed by atoms with Gasteiger partial charge in [-0.15, -0.1) is 0 Å². The predicted octanol–water partition coefficient (Wildman–Crippen LogP) is 1.17. The summed E-state index contributed by atoms with van der Waals surface area (Å²) in [4.78, 5) is 44.3. The van der Waals surface area contributed by atoms with Crippen LogP contribution in [0.15, 0.2) is 24.3 Å². The number of aromatic carboxylic acids is 1. The number of carbonyl (C=O) groups excluding carboxylic acids is 2. The van der Waals surface area contributed by atoms with Gasteiger partial charge in [0, 0.05) is 57.3 Å². The molecule has 1 aliphatic heterocycles. The highest BCUT2D eigenvalue weighted by molar-refractivity contribution is 6.05. The second kappa shape index (κ2) is 10.9. The summed E-state index contributed by atoms with van der Waals surface area (Å²) in [5, 5.41) is 15.8. The quantitative estimate of drug-likeness (QED) is 0.494. The largest absolute Gasteiger partial charge is 0.478 e. The van der Waals surface area contributed by atoms with Crippen molar-refractivity contribution < 1.29 is 24.2 Å². The lowest BCUT2D eigenvalue weighted by Crippen LogP contribution is -2.50. The van der Waals surface area contributed by atoms with Crippen LogP contribution >= 0.6 is 0 Å². The second-order valence-corrected chi connectivity index (χ2v) is 7.57. The Kier molecular flexibility index (Phi) is 7.96. The minimum absolute atomic E-state index is 0.0431. The van der Waals surface area contributed by atoms with Crippen LogP contribution in [-0.2, 0) is 14.3 Å². The molecule has 32 heavy (non-hydrogen) atoms. The highest BCUT2D eigenvalue weighted by Crippen LogP contribution is 2.26. The van der Waals surface area contributed by atoms with Crippen molar-refractivity contribution in [2.24, 2.45) is 0 Å². The van der Waals surface area contributed by atoms with Crippen molar-refractivity contribution in [3.63, 3.8) is 0 Å². The molecule has 1 aliphatic rings. The van der Waals surface area contributed by atoms with E-state index in [0.29, 0.717) is 74.7 Å². The summed E-state index contributed by atoms with van der Waals surface area (Å²) in [6.07, 6.45) is 0.335. The van der Waals surface area contributed by atoms with Gasteiger partial charge in [0.1, 0.15) is 5.82 Å². The fourth-order valence-electron chi connectivity index (χ4n) is 3.56. The number of pyridine rings is 1. The molecule has 1 aromatic carbocycles. The number of methoxy groups -OCH3 is 1. The Morgan fingerprint density at radius 1 is 1.12 bits per heavy atom. The number of nitrogens with zero attached hydrogens (tertiary/aromatic N) is 3. The molecule has 0 saturated carbocycles. The van der Waals surface area contributed by atoms with E-state index in [-0.39, 0.29) is 17.4 Å². The first kappa shape index (κ1) is 23.4. The van der Waals surface area contributed by atoms with Crippen LogP contribution in [-0.4, -0.2) is 85.8 Å². The molecule has 2 amide bonds. The molecule has 0 unspecified atom stereocenters. The number of amides is 2. The number of anilines is 2. The molecule has 10 heteroatoms. The summed E-state index contributed by atoms with van der Waals surface area (Å²) >= 11 is 0. The SMILES string of the molecule is CCC(=O)Nc1ccc2nc(N3CCN(CC(=O)NCCOC)CC3)cc(C(=O)O)c2c1. The fourth-order valence-corrected chi connectivity index (χ4v) is 3.56. The third-order valence-corrected chi connectivity index (χ3v) is 5.32. The molecule has 3 N–H and O–H groups in total. The number of piperazine rings is 1. The highest BCUT2D eigenvalue weighted by atomic mass is 16.5. The number of carboxylic acid groups (broad SMARTS) is 1. The van der Waals surface area contributed by atoms with Crippen molar-refractivity contribution in [1.29, 1.82) is 0 Å². The molecule has 172 valence electrons. The standard InChI is InChI=1S/C22H29N5O5/c1-3-20(28)24-15-4-5-18-16(12-15)17(22(30)31)13-19(25-18)27-9-7-26(8-10-27)14-21(29)23-6-11-32-2/h4-5,12-13H,3,6-11,14H2,1-2H3,(H,23,29)(H,24,28)(H,30,31). The van der Waals surface area contributed by atoms with Gasteiger partial charge in [0.15, 0.2) is 0 Å². The normalized spacial score (nSPS) is 14.4. The molecular formula is C22H29N5O5. The van der Waals surface area contributed by atoms with E-state index in [1.54, 1.807) is 38.3 Å². The fraction of sp³-hybridized carbons (Fsp3) is 0.455. The molecule has 2 aromatic rings. The lowest BCUT2D eigenvalue weighted by molar-refractivity contribution is -0.122. The van der Waals surface area contributed by atoms with Gasteiger partial charge in [-0.1, -0.05) is 6.92 Å².